The van der Waals surface area contributed by atoms with Crippen LogP contribution in [-0.2, 0) is 32.3 Å². The molecule has 0 aliphatic heterocycles. The van der Waals surface area contributed by atoms with Crippen LogP contribution in [0.5, 0.6) is 0 Å². The second-order valence-corrected chi connectivity index (χ2v) is 10.7. The highest BCUT2D eigenvalue weighted by Crippen LogP contribution is 2.38. The zero-order valence-corrected chi connectivity index (χ0v) is 22.3. The average molecular weight is 586 g/mol. The lowest BCUT2D eigenvalue weighted by atomic mass is 10.1. The molecule has 2 amide bonds. The van der Waals surface area contributed by atoms with Crippen molar-refractivity contribution in [3.63, 3.8) is 0 Å². The number of hydrogen-bond donors (Lipinski definition) is 1. The van der Waals surface area contributed by atoms with E-state index in [1.165, 1.54) is 56.4 Å². The third kappa shape index (κ3) is 6.87. The highest BCUT2D eigenvalue weighted by Gasteiger charge is 2.37. The number of rotatable bonds is 9. The van der Waals surface area contributed by atoms with Crippen LogP contribution in [0.15, 0.2) is 77.7 Å². The van der Waals surface area contributed by atoms with Gasteiger partial charge in [0.05, 0.1) is 21.2 Å². The van der Waals surface area contributed by atoms with Crippen LogP contribution in [0.2, 0.25) is 5.02 Å². The first-order valence-electron chi connectivity index (χ1n) is 11.5. The third-order valence-electron chi connectivity index (χ3n) is 5.87. The largest absolute Gasteiger partial charge is 0.417 e. The molecular formula is C26H24ClF4N3O4S. The van der Waals surface area contributed by atoms with Crippen LogP contribution in [0.3, 0.4) is 0 Å². The molecule has 3 aromatic rings. The quantitative estimate of drug-likeness (QED) is 0.364. The zero-order valence-electron chi connectivity index (χ0n) is 20.7. The molecule has 0 heterocycles. The van der Waals surface area contributed by atoms with E-state index in [4.69, 9.17) is 11.6 Å². The average Bonchev–Trinajstić information content (AvgIpc) is 2.90. The van der Waals surface area contributed by atoms with E-state index < -0.39 is 69.2 Å². The Hall–Kier alpha value is -3.64. The number of carbonyl (C=O) groups is 2. The van der Waals surface area contributed by atoms with Gasteiger partial charge in [-0.25, -0.2) is 12.8 Å². The Labute approximate surface area is 228 Å². The van der Waals surface area contributed by atoms with Crippen molar-refractivity contribution in [1.29, 1.82) is 0 Å². The molecule has 39 heavy (non-hydrogen) atoms. The predicted molar refractivity (Wildman–Crippen MR) is 138 cm³/mol. The van der Waals surface area contributed by atoms with Gasteiger partial charge in [-0.15, -0.1) is 0 Å². The Kier molecular flexibility index (Phi) is 9.23. The molecule has 0 radical (unpaired) electrons. The maximum absolute atomic E-state index is 14.4. The van der Waals surface area contributed by atoms with Gasteiger partial charge < -0.3 is 10.2 Å². The van der Waals surface area contributed by atoms with Gasteiger partial charge in [-0.1, -0.05) is 48.0 Å². The number of alkyl halides is 3. The number of nitrogens with zero attached hydrogens (tertiary/aromatic N) is 2. The Bertz CT molecular complexity index is 1450. The molecule has 1 N–H and O–H groups in total. The minimum Gasteiger partial charge on any atom is -0.357 e. The molecule has 1 atom stereocenters. The van der Waals surface area contributed by atoms with Crippen LogP contribution in [0.1, 0.15) is 18.1 Å². The molecule has 0 saturated carbocycles. The molecule has 13 heteroatoms. The van der Waals surface area contributed by atoms with Gasteiger partial charge in [0.25, 0.3) is 10.0 Å². The van der Waals surface area contributed by atoms with E-state index in [9.17, 15) is 35.6 Å². The molecule has 0 fully saturated rings. The Balaban J connectivity index is 2.12. The number of halogens is 5. The lowest BCUT2D eigenvalue weighted by Crippen LogP contribution is -2.50. The summed E-state index contributed by atoms with van der Waals surface area (Å²) in [5.74, 6) is -2.25. The van der Waals surface area contributed by atoms with Gasteiger partial charge in [-0.3, -0.25) is 13.9 Å². The van der Waals surface area contributed by atoms with Crippen molar-refractivity contribution in [3.8, 4) is 0 Å². The number of benzene rings is 3. The molecule has 0 spiro atoms. The number of amides is 2. The minimum atomic E-state index is -4.91. The minimum absolute atomic E-state index is 0.0462. The summed E-state index contributed by atoms with van der Waals surface area (Å²) in [5, 5.41) is 1.71. The van der Waals surface area contributed by atoms with Gasteiger partial charge in [-0.2, -0.15) is 13.2 Å². The first-order chi connectivity index (χ1) is 18.3. The second-order valence-electron chi connectivity index (χ2n) is 8.39. The van der Waals surface area contributed by atoms with Crippen LogP contribution in [0, 0.1) is 5.82 Å². The Morgan fingerprint density at radius 3 is 2.21 bits per heavy atom. The fraction of sp³-hybridized carbons (Fsp3) is 0.231. The fourth-order valence-electron chi connectivity index (χ4n) is 3.74. The Morgan fingerprint density at radius 2 is 1.62 bits per heavy atom. The first kappa shape index (κ1) is 29.9. The molecule has 0 bridgehead atoms. The van der Waals surface area contributed by atoms with Crippen LogP contribution >= 0.6 is 11.6 Å². The van der Waals surface area contributed by atoms with Crippen molar-refractivity contribution >= 4 is 39.1 Å². The first-order valence-corrected chi connectivity index (χ1v) is 13.3. The van der Waals surface area contributed by atoms with Crippen LogP contribution in [0.4, 0.5) is 23.2 Å². The summed E-state index contributed by atoms with van der Waals surface area (Å²) in [7, 11) is -3.27. The number of likely N-dealkylation sites (N-methyl/N-ethyl adjacent to an activating group) is 1. The normalized spacial score (nSPS) is 12.5. The monoisotopic (exact) mass is 585 g/mol. The maximum atomic E-state index is 14.4. The molecule has 3 rings (SSSR count). The van der Waals surface area contributed by atoms with Crippen molar-refractivity contribution < 1.29 is 35.6 Å². The van der Waals surface area contributed by atoms with Crippen LogP contribution in [0.25, 0.3) is 0 Å². The van der Waals surface area contributed by atoms with Crippen molar-refractivity contribution in [2.75, 3.05) is 17.9 Å². The van der Waals surface area contributed by atoms with E-state index in [-0.39, 0.29) is 10.5 Å². The second kappa shape index (κ2) is 12.0. The highest BCUT2D eigenvalue weighted by molar-refractivity contribution is 7.92. The van der Waals surface area contributed by atoms with Gasteiger partial charge in [0, 0.05) is 19.2 Å². The number of nitrogens with one attached hydrogen (secondary N) is 1. The van der Waals surface area contributed by atoms with Crippen LogP contribution < -0.4 is 9.62 Å². The van der Waals surface area contributed by atoms with Crippen molar-refractivity contribution in [2.45, 2.75) is 30.6 Å². The fourth-order valence-corrected chi connectivity index (χ4v) is 5.39. The maximum Gasteiger partial charge on any atom is 0.417 e. The van der Waals surface area contributed by atoms with E-state index in [1.54, 1.807) is 6.07 Å². The SMILES string of the molecule is CNC(=O)[C@H](C)N(Cc1ccccc1F)C(=O)CN(c1ccc(Cl)c(C(F)(F)F)c1)S(=O)(=O)c1ccccc1. The molecule has 0 aliphatic rings. The van der Waals surface area contributed by atoms with Gasteiger partial charge >= 0.3 is 6.18 Å². The summed E-state index contributed by atoms with van der Waals surface area (Å²) in [5.41, 5.74) is -1.74. The molecule has 0 unspecified atom stereocenters. The molecule has 3 aromatic carbocycles. The van der Waals surface area contributed by atoms with Crippen molar-refractivity contribution in [3.05, 3.63) is 94.8 Å². The highest BCUT2D eigenvalue weighted by atomic mass is 35.5. The van der Waals surface area contributed by atoms with E-state index in [2.05, 4.69) is 5.32 Å². The summed E-state index contributed by atoms with van der Waals surface area (Å²) >= 11 is 5.73. The van der Waals surface area contributed by atoms with E-state index in [0.717, 1.165) is 23.1 Å². The van der Waals surface area contributed by atoms with Crippen LogP contribution in [-0.4, -0.2) is 44.8 Å². The molecule has 7 nitrogen and oxygen atoms in total. The standard InChI is InChI=1S/C26H24ClF4N3O4S/c1-17(25(36)32-2)33(15-18-8-6-7-11-23(18)28)24(35)16-34(39(37,38)20-9-4-3-5-10-20)19-12-13-22(27)21(14-19)26(29,30)31/h3-14,17H,15-16H2,1-2H3,(H,32,36)/t17-/m0/s1. The van der Waals surface area contributed by atoms with Gasteiger partial charge in [0.15, 0.2) is 0 Å². The topological polar surface area (TPSA) is 86.8 Å². The number of anilines is 1. The molecule has 0 aliphatic carbocycles. The number of carbonyl (C=O) groups excluding carboxylic acids is 2. The summed E-state index contributed by atoms with van der Waals surface area (Å²) in [4.78, 5) is 26.7. The number of hydrogen-bond acceptors (Lipinski definition) is 4. The predicted octanol–water partition coefficient (Wildman–Crippen LogP) is 4.86. The molecule has 0 saturated heterocycles. The smallest absolute Gasteiger partial charge is 0.357 e. The summed E-state index contributed by atoms with van der Waals surface area (Å²) in [6.07, 6.45) is -4.91. The third-order valence-corrected chi connectivity index (χ3v) is 7.98. The lowest BCUT2D eigenvalue weighted by molar-refractivity contribution is -0.139. The van der Waals surface area contributed by atoms with Crippen molar-refractivity contribution in [2.24, 2.45) is 0 Å². The van der Waals surface area contributed by atoms with E-state index in [1.807, 2.05) is 0 Å². The number of sulfonamides is 1. The zero-order chi connectivity index (χ0) is 29.0. The van der Waals surface area contributed by atoms with E-state index >= 15 is 0 Å². The summed E-state index contributed by atoms with van der Waals surface area (Å²) < 4.78 is 83.0. The van der Waals surface area contributed by atoms with E-state index in [0.29, 0.717) is 10.4 Å². The molecular weight excluding hydrogens is 562 g/mol. The van der Waals surface area contributed by atoms with Gasteiger partial charge in [-0.05, 0) is 43.3 Å². The summed E-state index contributed by atoms with van der Waals surface area (Å²) in [6.45, 7) is -0.0443. The van der Waals surface area contributed by atoms with Gasteiger partial charge in [0.2, 0.25) is 11.8 Å². The summed E-state index contributed by atoms with van der Waals surface area (Å²) in [6, 6.07) is 13.6. The molecule has 0 aromatic heterocycles. The Morgan fingerprint density at radius 1 is 1.00 bits per heavy atom. The lowest BCUT2D eigenvalue weighted by Gasteiger charge is -2.32. The van der Waals surface area contributed by atoms with Crippen molar-refractivity contribution in [1.82, 2.24) is 10.2 Å². The van der Waals surface area contributed by atoms with Gasteiger partial charge in [0.1, 0.15) is 18.4 Å². The molecule has 208 valence electrons.